The van der Waals surface area contributed by atoms with Gasteiger partial charge in [0.25, 0.3) is 0 Å². The minimum Gasteiger partial charge on any atom is -0.310 e. The Morgan fingerprint density at radius 3 is 3.06 bits per heavy atom. The van der Waals surface area contributed by atoms with Crippen LogP contribution in [0.4, 0.5) is 0 Å². The highest BCUT2D eigenvalue weighted by Crippen LogP contribution is 2.24. The minimum atomic E-state index is 0.863. The topological polar surface area (TPSA) is 33.1 Å². The fraction of sp³-hybridized carbons (Fsp3) is 0.769. The van der Waals surface area contributed by atoms with Crippen molar-refractivity contribution in [1.29, 1.82) is 0 Å². The zero-order chi connectivity index (χ0) is 12.1. The van der Waals surface area contributed by atoms with E-state index >= 15 is 0 Å². The average molecular weight is 236 g/mol. The predicted octanol–water partition coefficient (Wildman–Crippen LogP) is 1.48. The van der Waals surface area contributed by atoms with Crippen molar-refractivity contribution < 1.29 is 0 Å². The van der Waals surface area contributed by atoms with Gasteiger partial charge in [-0.1, -0.05) is 6.92 Å². The van der Waals surface area contributed by atoms with E-state index in [2.05, 4.69) is 40.0 Å². The highest BCUT2D eigenvalue weighted by molar-refractivity contribution is 4.99. The summed E-state index contributed by atoms with van der Waals surface area (Å²) >= 11 is 0. The third-order valence-corrected chi connectivity index (χ3v) is 3.36. The average Bonchev–Trinajstić information content (AvgIpc) is 3.08. The van der Waals surface area contributed by atoms with Gasteiger partial charge in [-0.25, -0.2) is 0 Å². The number of hydrogen-bond acceptors (Lipinski definition) is 3. The van der Waals surface area contributed by atoms with Crippen LogP contribution >= 0.6 is 0 Å². The van der Waals surface area contributed by atoms with Gasteiger partial charge in [0, 0.05) is 38.4 Å². The molecule has 0 spiro atoms. The molecule has 0 bridgehead atoms. The van der Waals surface area contributed by atoms with Crippen molar-refractivity contribution in [2.75, 3.05) is 20.1 Å². The van der Waals surface area contributed by atoms with Crippen LogP contribution in [0.2, 0.25) is 0 Å². The Morgan fingerprint density at radius 1 is 1.53 bits per heavy atom. The summed E-state index contributed by atoms with van der Waals surface area (Å²) in [7, 11) is 2.22. The molecule has 0 radical (unpaired) electrons. The Balaban J connectivity index is 1.64. The molecule has 0 amide bonds. The van der Waals surface area contributed by atoms with Crippen molar-refractivity contribution in [3.63, 3.8) is 0 Å². The molecule has 4 heteroatoms. The molecule has 0 saturated heterocycles. The summed E-state index contributed by atoms with van der Waals surface area (Å²) in [5.74, 6) is 0. The summed E-state index contributed by atoms with van der Waals surface area (Å²) in [5.41, 5.74) is 1.29. The molecule has 1 saturated carbocycles. The van der Waals surface area contributed by atoms with Crippen LogP contribution in [0.25, 0.3) is 0 Å². The van der Waals surface area contributed by atoms with Crippen LogP contribution in [0.5, 0.6) is 0 Å². The molecule has 1 aliphatic rings. The van der Waals surface area contributed by atoms with Gasteiger partial charge in [0.1, 0.15) is 0 Å². The molecule has 17 heavy (non-hydrogen) atoms. The Bertz CT molecular complexity index is 330. The number of nitrogens with zero attached hydrogens (tertiary/aromatic N) is 3. The van der Waals surface area contributed by atoms with Crippen LogP contribution < -0.4 is 5.32 Å². The molecule has 1 aliphatic carbocycles. The molecule has 1 aromatic rings. The predicted molar refractivity (Wildman–Crippen MR) is 69.9 cm³/mol. The molecule has 1 aromatic heterocycles. The van der Waals surface area contributed by atoms with Gasteiger partial charge in [-0.3, -0.25) is 4.68 Å². The van der Waals surface area contributed by atoms with Gasteiger partial charge >= 0.3 is 0 Å². The number of nitrogens with one attached hydrogen (secondary N) is 1. The summed E-state index contributed by atoms with van der Waals surface area (Å²) < 4.78 is 2.09. The Kier molecular flexibility index (Phi) is 4.57. The lowest BCUT2D eigenvalue weighted by Gasteiger charge is -2.15. The van der Waals surface area contributed by atoms with E-state index in [1.807, 2.05) is 6.20 Å². The van der Waals surface area contributed by atoms with E-state index in [4.69, 9.17) is 0 Å². The van der Waals surface area contributed by atoms with E-state index in [1.54, 1.807) is 0 Å². The van der Waals surface area contributed by atoms with Crippen LogP contribution in [0.15, 0.2) is 12.3 Å². The second-order valence-electron chi connectivity index (χ2n) is 4.93. The van der Waals surface area contributed by atoms with E-state index in [-0.39, 0.29) is 0 Å². The maximum atomic E-state index is 4.32. The zero-order valence-corrected chi connectivity index (χ0v) is 11.0. The van der Waals surface area contributed by atoms with E-state index in [0.717, 1.165) is 38.6 Å². The monoisotopic (exact) mass is 236 g/mol. The van der Waals surface area contributed by atoms with Crippen LogP contribution in [-0.4, -0.2) is 40.9 Å². The second kappa shape index (κ2) is 6.17. The molecule has 0 aliphatic heterocycles. The molecule has 4 nitrogen and oxygen atoms in total. The number of likely N-dealkylation sites (N-methyl/N-ethyl adjacent to an activating group) is 1. The number of aryl methyl sites for hydroxylation is 1. The summed E-state index contributed by atoms with van der Waals surface area (Å²) in [6.45, 7) is 6.34. The number of rotatable bonds is 8. The van der Waals surface area contributed by atoms with Crippen molar-refractivity contribution in [2.24, 2.45) is 0 Å². The van der Waals surface area contributed by atoms with Gasteiger partial charge in [-0.05, 0) is 32.4 Å². The van der Waals surface area contributed by atoms with Gasteiger partial charge in [0.2, 0.25) is 0 Å². The van der Waals surface area contributed by atoms with Gasteiger partial charge in [-0.2, -0.15) is 5.10 Å². The van der Waals surface area contributed by atoms with Crippen molar-refractivity contribution in [1.82, 2.24) is 20.0 Å². The Labute approximate surface area is 104 Å². The van der Waals surface area contributed by atoms with Gasteiger partial charge in [-0.15, -0.1) is 0 Å². The summed E-state index contributed by atoms with van der Waals surface area (Å²) in [4.78, 5) is 2.45. The lowest BCUT2D eigenvalue weighted by Crippen LogP contribution is -2.30. The normalized spacial score (nSPS) is 15.7. The van der Waals surface area contributed by atoms with Crippen LogP contribution in [-0.2, 0) is 13.1 Å². The van der Waals surface area contributed by atoms with Gasteiger partial charge in [0.05, 0.1) is 5.69 Å². The first-order chi connectivity index (χ1) is 8.31. The molecule has 0 aromatic carbocycles. The van der Waals surface area contributed by atoms with Crippen molar-refractivity contribution in [3.05, 3.63) is 18.0 Å². The standard InChI is InChI=1S/C13H24N4/c1-3-9-17-13(6-7-15-17)11-14-8-10-16(2)12-4-5-12/h6-7,12,14H,3-5,8-11H2,1-2H3. The molecular weight excluding hydrogens is 212 g/mol. The van der Waals surface area contributed by atoms with Crippen molar-refractivity contribution in [3.8, 4) is 0 Å². The molecule has 0 unspecified atom stereocenters. The first kappa shape index (κ1) is 12.6. The van der Waals surface area contributed by atoms with Crippen LogP contribution in [0, 0.1) is 0 Å². The van der Waals surface area contributed by atoms with Crippen LogP contribution in [0.1, 0.15) is 31.9 Å². The highest BCUT2D eigenvalue weighted by atomic mass is 15.3. The zero-order valence-electron chi connectivity index (χ0n) is 11.0. The first-order valence-electron chi connectivity index (χ1n) is 6.73. The maximum absolute atomic E-state index is 4.32. The molecule has 96 valence electrons. The van der Waals surface area contributed by atoms with Crippen molar-refractivity contribution in [2.45, 2.75) is 45.3 Å². The molecular formula is C13H24N4. The summed E-state index contributed by atoms with van der Waals surface area (Å²) in [5, 5.41) is 7.82. The molecule has 2 rings (SSSR count). The number of hydrogen-bond donors (Lipinski definition) is 1. The quantitative estimate of drug-likeness (QED) is 0.694. The number of aromatic nitrogens is 2. The minimum absolute atomic E-state index is 0.863. The van der Waals surface area contributed by atoms with E-state index in [1.165, 1.54) is 18.5 Å². The Morgan fingerprint density at radius 2 is 2.35 bits per heavy atom. The summed E-state index contributed by atoms with van der Waals surface area (Å²) in [6.07, 6.45) is 5.81. The van der Waals surface area contributed by atoms with Crippen molar-refractivity contribution >= 4 is 0 Å². The lowest BCUT2D eigenvalue weighted by atomic mass is 10.4. The SMILES string of the molecule is CCCn1nccc1CNCCN(C)C1CC1. The molecule has 1 N–H and O–H groups in total. The fourth-order valence-corrected chi connectivity index (χ4v) is 2.09. The van der Waals surface area contributed by atoms with Gasteiger partial charge < -0.3 is 10.2 Å². The second-order valence-corrected chi connectivity index (χ2v) is 4.93. The largest absolute Gasteiger partial charge is 0.310 e. The molecule has 1 heterocycles. The fourth-order valence-electron chi connectivity index (χ4n) is 2.09. The molecule has 0 atom stereocenters. The van der Waals surface area contributed by atoms with E-state index in [0.29, 0.717) is 0 Å². The third kappa shape index (κ3) is 3.82. The summed E-state index contributed by atoms with van der Waals surface area (Å²) in [6, 6.07) is 2.97. The third-order valence-electron chi connectivity index (χ3n) is 3.36. The first-order valence-corrected chi connectivity index (χ1v) is 6.73. The van der Waals surface area contributed by atoms with E-state index < -0.39 is 0 Å². The van der Waals surface area contributed by atoms with Crippen LogP contribution in [0.3, 0.4) is 0 Å². The highest BCUT2D eigenvalue weighted by Gasteiger charge is 2.25. The van der Waals surface area contributed by atoms with E-state index in [9.17, 15) is 0 Å². The van der Waals surface area contributed by atoms with Gasteiger partial charge in [0.15, 0.2) is 0 Å². The lowest BCUT2D eigenvalue weighted by molar-refractivity contribution is 0.321. The molecule has 1 fully saturated rings. The smallest absolute Gasteiger partial charge is 0.0522 e. The Hall–Kier alpha value is -0.870. The maximum Gasteiger partial charge on any atom is 0.0522 e.